The van der Waals surface area contributed by atoms with Crippen LogP contribution in [0.15, 0.2) is 22.6 Å². The molecule has 0 bridgehead atoms. The maximum Gasteiger partial charge on any atom is 0.244 e. The van der Waals surface area contributed by atoms with Crippen molar-refractivity contribution in [3.05, 3.63) is 24.1 Å². The van der Waals surface area contributed by atoms with E-state index < -0.39 is 0 Å². The molecule has 2 heterocycles. The van der Waals surface area contributed by atoms with Crippen molar-refractivity contribution in [1.29, 1.82) is 0 Å². The van der Waals surface area contributed by atoms with Gasteiger partial charge in [-0.25, -0.2) is 4.98 Å². The first-order valence-electron chi connectivity index (χ1n) is 7.70. The number of aromatic nitrogens is 1. The first-order chi connectivity index (χ1) is 10.7. The highest BCUT2D eigenvalue weighted by molar-refractivity contribution is 5.85. The number of anilines is 1. The Morgan fingerprint density at radius 2 is 2.18 bits per heavy atom. The average Bonchev–Trinajstić information content (AvgIpc) is 2.97. The van der Waals surface area contributed by atoms with Crippen molar-refractivity contribution in [2.45, 2.75) is 26.3 Å². The van der Waals surface area contributed by atoms with Crippen LogP contribution in [0.5, 0.6) is 0 Å². The Kier molecular flexibility index (Phi) is 4.29. The summed E-state index contributed by atoms with van der Waals surface area (Å²) in [5.41, 5.74) is 2.46. The second-order valence-corrected chi connectivity index (χ2v) is 5.45. The van der Waals surface area contributed by atoms with E-state index in [0.717, 1.165) is 29.1 Å². The molecule has 1 aromatic heterocycles. The Hall–Kier alpha value is -2.08. The molecule has 6 heteroatoms. The van der Waals surface area contributed by atoms with E-state index in [1.54, 1.807) is 0 Å². The number of nitrogens with zero attached hydrogens (tertiary/aromatic N) is 2. The lowest BCUT2D eigenvalue weighted by Crippen LogP contribution is -2.46. The molecule has 1 aliphatic rings. The van der Waals surface area contributed by atoms with E-state index in [2.05, 4.69) is 10.3 Å². The molecule has 0 spiro atoms. The van der Waals surface area contributed by atoms with E-state index in [1.807, 2.05) is 36.9 Å². The Morgan fingerprint density at radius 3 is 2.91 bits per heavy atom. The highest BCUT2D eigenvalue weighted by atomic mass is 16.5. The van der Waals surface area contributed by atoms with Crippen LogP contribution in [0.2, 0.25) is 0 Å². The first-order valence-corrected chi connectivity index (χ1v) is 7.70. The molecule has 1 aromatic carbocycles. The van der Waals surface area contributed by atoms with Crippen LogP contribution < -0.4 is 5.32 Å². The van der Waals surface area contributed by atoms with E-state index in [9.17, 15) is 4.79 Å². The van der Waals surface area contributed by atoms with Gasteiger partial charge in [0.05, 0.1) is 13.2 Å². The molecule has 1 amide bonds. The number of carbonyl (C=O) groups is 1. The topological polar surface area (TPSA) is 67.6 Å². The zero-order chi connectivity index (χ0) is 15.5. The minimum atomic E-state index is -0.284. The standard InChI is InChI=1S/C16H21N3O3/c1-3-15-18-13-10-12(4-5-14(13)22-15)17-11(2)16(20)19-6-8-21-9-7-19/h4-5,10-11,17H,3,6-9H2,1-2H3. The molecule has 2 aromatic rings. The molecule has 118 valence electrons. The van der Waals surface area contributed by atoms with Gasteiger partial charge in [0.1, 0.15) is 11.6 Å². The van der Waals surface area contributed by atoms with Gasteiger partial charge in [-0.05, 0) is 25.1 Å². The third kappa shape index (κ3) is 3.06. The van der Waals surface area contributed by atoms with Crippen LogP contribution in [0.1, 0.15) is 19.7 Å². The van der Waals surface area contributed by atoms with Gasteiger partial charge in [0.2, 0.25) is 5.91 Å². The molecule has 1 aliphatic heterocycles. The number of fused-ring (bicyclic) bond motifs is 1. The molecule has 0 saturated carbocycles. The van der Waals surface area contributed by atoms with Gasteiger partial charge < -0.3 is 19.4 Å². The number of aryl methyl sites for hydroxylation is 1. The first kappa shape index (κ1) is 14.8. The van der Waals surface area contributed by atoms with E-state index in [-0.39, 0.29) is 11.9 Å². The number of hydrogen-bond donors (Lipinski definition) is 1. The smallest absolute Gasteiger partial charge is 0.244 e. The van der Waals surface area contributed by atoms with Crippen molar-refractivity contribution in [3.63, 3.8) is 0 Å². The lowest BCUT2D eigenvalue weighted by atomic mass is 10.2. The lowest BCUT2D eigenvalue weighted by Gasteiger charge is -2.29. The van der Waals surface area contributed by atoms with Crippen LogP contribution in [-0.2, 0) is 16.0 Å². The number of nitrogens with one attached hydrogen (secondary N) is 1. The Morgan fingerprint density at radius 1 is 1.41 bits per heavy atom. The number of morpholine rings is 1. The molecule has 0 radical (unpaired) electrons. The van der Waals surface area contributed by atoms with Crippen LogP contribution in [0, 0.1) is 0 Å². The third-order valence-electron chi connectivity index (χ3n) is 3.81. The average molecular weight is 303 g/mol. The third-order valence-corrected chi connectivity index (χ3v) is 3.81. The molecule has 22 heavy (non-hydrogen) atoms. The predicted octanol–water partition coefficient (Wildman–Crippen LogP) is 2.05. The summed E-state index contributed by atoms with van der Waals surface area (Å²) in [6.45, 7) is 6.43. The van der Waals surface area contributed by atoms with Crippen molar-refractivity contribution in [1.82, 2.24) is 9.88 Å². The summed E-state index contributed by atoms with van der Waals surface area (Å²) >= 11 is 0. The van der Waals surface area contributed by atoms with Crippen molar-refractivity contribution in [2.24, 2.45) is 0 Å². The Bertz CT molecular complexity index is 662. The van der Waals surface area contributed by atoms with Crippen LogP contribution in [0.3, 0.4) is 0 Å². The number of ether oxygens (including phenoxy) is 1. The van der Waals surface area contributed by atoms with Crippen LogP contribution in [0.25, 0.3) is 11.1 Å². The molecule has 1 unspecified atom stereocenters. The molecule has 6 nitrogen and oxygen atoms in total. The van der Waals surface area contributed by atoms with E-state index in [0.29, 0.717) is 26.3 Å². The molecular formula is C16H21N3O3. The second-order valence-electron chi connectivity index (χ2n) is 5.45. The quantitative estimate of drug-likeness (QED) is 0.936. The van der Waals surface area contributed by atoms with Crippen LogP contribution >= 0.6 is 0 Å². The number of oxazole rings is 1. The zero-order valence-corrected chi connectivity index (χ0v) is 13.0. The maximum atomic E-state index is 12.4. The normalized spacial score (nSPS) is 16.7. The van der Waals surface area contributed by atoms with Crippen molar-refractivity contribution in [2.75, 3.05) is 31.6 Å². The second kappa shape index (κ2) is 6.36. The highest BCUT2D eigenvalue weighted by Crippen LogP contribution is 2.21. The number of amides is 1. The Balaban J connectivity index is 1.70. The summed E-state index contributed by atoms with van der Waals surface area (Å²) in [5, 5.41) is 3.24. The van der Waals surface area contributed by atoms with E-state index in [1.165, 1.54) is 0 Å². The monoisotopic (exact) mass is 303 g/mol. The summed E-state index contributed by atoms with van der Waals surface area (Å²) in [7, 11) is 0. The van der Waals surface area contributed by atoms with Gasteiger partial charge in [-0.15, -0.1) is 0 Å². The summed E-state index contributed by atoms with van der Waals surface area (Å²) in [4.78, 5) is 18.6. The van der Waals surface area contributed by atoms with Crippen LogP contribution in [-0.4, -0.2) is 48.1 Å². The number of rotatable bonds is 4. The van der Waals surface area contributed by atoms with Gasteiger partial charge in [0, 0.05) is 25.2 Å². The highest BCUT2D eigenvalue weighted by Gasteiger charge is 2.22. The van der Waals surface area contributed by atoms with Gasteiger partial charge in [0.25, 0.3) is 0 Å². The van der Waals surface area contributed by atoms with Gasteiger partial charge in [-0.3, -0.25) is 4.79 Å². The molecule has 1 fully saturated rings. The molecule has 0 aliphatic carbocycles. The molecule has 3 rings (SSSR count). The number of hydrogen-bond acceptors (Lipinski definition) is 5. The fourth-order valence-corrected chi connectivity index (χ4v) is 2.59. The van der Waals surface area contributed by atoms with Gasteiger partial charge in [0.15, 0.2) is 11.5 Å². The fourth-order valence-electron chi connectivity index (χ4n) is 2.59. The van der Waals surface area contributed by atoms with E-state index in [4.69, 9.17) is 9.15 Å². The largest absolute Gasteiger partial charge is 0.441 e. The minimum Gasteiger partial charge on any atom is -0.441 e. The number of benzene rings is 1. The van der Waals surface area contributed by atoms with Gasteiger partial charge in [-0.1, -0.05) is 6.92 Å². The van der Waals surface area contributed by atoms with Crippen molar-refractivity contribution < 1.29 is 13.9 Å². The predicted molar refractivity (Wildman–Crippen MR) is 83.9 cm³/mol. The van der Waals surface area contributed by atoms with Crippen molar-refractivity contribution in [3.8, 4) is 0 Å². The SMILES string of the molecule is CCc1nc2cc(NC(C)C(=O)N3CCOCC3)ccc2o1. The molecule has 1 saturated heterocycles. The number of carbonyl (C=O) groups excluding carboxylic acids is 1. The van der Waals surface area contributed by atoms with Gasteiger partial charge in [-0.2, -0.15) is 0 Å². The van der Waals surface area contributed by atoms with Crippen LogP contribution in [0.4, 0.5) is 5.69 Å². The van der Waals surface area contributed by atoms with E-state index >= 15 is 0 Å². The molecule has 1 atom stereocenters. The molecule has 1 N–H and O–H groups in total. The summed E-state index contributed by atoms with van der Waals surface area (Å²) in [6, 6.07) is 5.43. The van der Waals surface area contributed by atoms with Gasteiger partial charge >= 0.3 is 0 Å². The summed E-state index contributed by atoms with van der Waals surface area (Å²) in [5.74, 6) is 0.822. The lowest BCUT2D eigenvalue weighted by molar-refractivity contribution is -0.135. The molecular weight excluding hydrogens is 282 g/mol. The Labute approximate surface area is 129 Å². The summed E-state index contributed by atoms with van der Waals surface area (Å²) < 4.78 is 10.9. The van der Waals surface area contributed by atoms with Crippen molar-refractivity contribution >= 4 is 22.7 Å². The maximum absolute atomic E-state index is 12.4. The summed E-state index contributed by atoms with van der Waals surface area (Å²) in [6.07, 6.45) is 0.767. The fraction of sp³-hybridized carbons (Fsp3) is 0.500. The zero-order valence-electron chi connectivity index (χ0n) is 13.0. The minimum absolute atomic E-state index is 0.0952.